The summed E-state index contributed by atoms with van der Waals surface area (Å²) < 4.78 is 5.55. The lowest BCUT2D eigenvalue weighted by Crippen LogP contribution is -2.11. The van der Waals surface area contributed by atoms with E-state index in [9.17, 15) is 9.59 Å². The molecule has 0 spiro atoms. The van der Waals surface area contributed by atoms with Crippen molar-refractivity contribution in [1.82, 2.24) is 0 Å². The van der Waals surface area contributed by atoms with E-state index in [2.05, 4.69) is 5.32 Å². The molecule has 0 aliphatic rings. The van der Waals surface area contributed by atoms with Gasteiger partial charge in [-0.15, -0.1) is 0 Å². The number of hydrogen-bond donors (Lipinski definition) is 2. The Kier molecular flexibility index (Phi) is 6.60. The van der Waals surface area contributed by atoms with Gasteiger partial charge in [-0.1, -0.05) is 30.7 Å². The molecule has 0 aliphatic heterocycles. The van der Waals surface area contributed by atoms with Crippen molar-refractivity contribution >= 4 is 35.2 Å². The van der Waals surface area contributed by atoms with Crippen molar-refractivity contribution in [2.24, 2.45) is 0 Å². The largest absolute Gasteiger partial charge is 0.491 e. The van der Waals surface area contributed by atoms with Crippen LogP contribution in [0.2, 0.25) is 5.02 Å². The Bertz CT molecular complexity index is 785. The van der Waals surface area contributed by atoms with Crippen LogP contribution in [0, 0.1) is 0 Å². The number of benzene rings is 2. The first kappa shape index (κ1) is 18.5. The van der Waals surface area contributed by atoms with E-state index in [0.717, 1.165) is 12.0 Å². The highest BCUT2D eigenvalue weighted by atomic mass is 35.5. The quantitative estimate of drug-likeness (QED) is 0.715. The molecule has 5 nitrogen and oxygen atoms in total. The number of carbonyl (C=O) groups excluding carboxylic acids is 1. The van der Waals surface area contributed by atoms with Gasteiger partial charge >= 0.3 is 5.97 Å². The molecule has 0 heterocycles. The highest BCUT2D eigenvalue weighted by Crippen LogP contribution is 2.26. The third-order valence-corrected chi connectivity index (χ3v) is 3.50. The predicted octanol–water partition coefficient (Wildman–Crippen LogP) is 4.48. The number of halogens is 1. The number of hydrogen-bond acceptors (Lipinski definition) is 3. The topological polar surface area (TPSA) is 75.6 Å². The molecule has 0 fully saturated rings. The van der Waals surface area contributed by atoms with Crippen molar-refractivity contribution in [3.8, 4) is 5.75 Å². The van der Waals surface area contributed by atoms with Gasteiger partial charge in [-0.2, -0.15) is 0 Å². The molecule has 1 amide bonds. The van der Waals surface area contributed by atoms with Crippen molar-refractivity contribution in [3.05, 3.63) is 64.7 Å². The summed E-state index contributed by atoms with van der Waals surface area (Å²) in [4.78, 5) is 23.3. The van der Waals surface area contributed by atoms with Gasteiger partial charge < -0.3 is 15.2 Å². The van der Waals surface area contributed by atoms with E-state index < -0.39 is 5.97 Å². The highest BCUT2D eigenvalue weighted by Gasteiger charge is 2.11. The summed E-state index contributed by atoms with van der Waals surface area (Å²) in [6, 6.07) is 11.4. The molecule has 0 saturated heterocycles. The van der Waals surface area contributed by atoms with Crippen LogP contribution in [0.15, 0.2) is 48.5 Å². The van der Waals surface area contributed by atoms with Crippen molar-refractivity contribution in [2.45, 2.75) is 13.3 Å². The summed E-state index contributed by atoms with van der Waals surface area (Å²) in [5, 5.41) is 12.4. The monoisotopic (exact) mass is 359 g/mol. The molecule has 25 heavy (non-hydrogen) atoms. The summed E-state index contributed by atoms with van der Waals surface area (Å²) in [5.41, 5.74) is 1.21. The third kappa shape index (κ3) is 5.65. The van der Waals surface area contributed by atoms with Crippen molar-refractivity contribution in [1.29, 1.82) is 0 Å². The van der Waals surface area contributed by atoms with Crippen molar-refractivity contribution in [3.63, 3.8) is 0 Å². The van der Waals surface area contributed by atoms with Gasteiger partial charge in [-0.25, -0.2) is 4.79 Å². The summed E-state index contributed by atoms with van der Waals surface area (Å²) in [7, 11) is 0. The van der Waals surface area contributed by atoms with Gasteiger partial charge in [0.2, 0.25) is 5.91 Å². The van der Waals surface area contributed by atoms with Crippen LogP contribution >= 0.6 is 11.6 Å². The van der Waals surface area contributed by atoms with Gasteiger partial charge in [0.05, 0.1) is 17.9 Å². The van der Waals surface area contributed by atoms with E-state index in [0.29, 0.717) is 23.1 Å². The first-order valence-corrected chi connectivity index (χ1v) is 8.12. The lowest BCUT2D eigenvalue weighted by molar-refractivity contribution is -0.111. The second-order valence-electron chi connectivity index (χ2n) is 5.24. The van der Waals surface area contributed by atoms with Gasteiger partial charge in [-0.05, 0) is 48.4 Å². The van der Waals surface area contributed by atoms with Crippen LogP contribution in [-0.4, -0.2) is 23.6 Å². The molecule has 2 rings (SSSR count). The number of amides is 1. The molecule has 2 aromatic rings. The SMILES string of the molecule is CCCOc1ccc(C(=O)O)cc1NC(=O)/C=C/c1ccc(Cl)cc1. The first-order valence-electron chi connectivity index (χ1n) is 7.74. The van der Waals surface area contributed by atoms with Crippen molar-refractivity contribution < 1.29 is 19.4 Å². The third-order valence-electron chi connectivity index (χ3n) is 3.24. The summed E-state index contributed by atoms with van der Waals surface area (Å²) >= 11 is 5.82. The summed E-state index contributed by atoms with van der Waals surface area (Å²) in [5.74, 6) is -1.03. The maximum atomic E-state index is 12.1. The Morgan fingerprint density at radius 2 is 1.92 bits per heavy atom. The number of anilines is 1. The second kappa shape index (κ2) is 8.89. The Labute approximate surface area is 150 Å². The standard InChI is InChI=1S/C19H18ClNO4/c1-2-11-25-17-9-6-14(19(23)24)12-16(17)21-18(22)10-5-13-3-7-15(20)8-4-13/h3-10,12H,2,11H2,1H3,(H,21,22)(H,23,24)/b10-5+. The zero-order valence-electron chi connectivity index (χ0n) is 13.7. The van der Waals surface area contributed by atoms with Crippen LogP contribution in [0.4, 0.5) is 5.69 Å². The van der Waals surface area contributed by atoms with Gasteiger partial charge in [0.15, 0.2) is 0 Å². The minimum atomic E-state index is -1.07. The van der Waals surface area contributed by atoms with Crippen LogP contribution in [0.3, 0.4) is 0 Å². The van der Waals surface area contributed by atoms with Gasteiger partial charge in [0.25, 0.3) is 0 Å². The van der Waals surface area contributed by atoms with Crippen LogP contribution in [0.1, 0.15) is 29.3 Å². The van der Waals surface area contributed by atoms with E-state index >= 15 is 0 Å². The zero-order chi connectivity index (χ0) is 18.2. The molecule has 130 valence electrons. The molecule has 2 N–H and O–H groups in total. The molecule has 0 saturated carbocycles. The molecular weight excluding hydrogens is 342 g/mol. The fourth-order valence-electron chi connectivity index (χ4n) is 2.02. The average molecular weight is 360 g/mol. The Morgan fingerprint density at radius 1 is 1.20 bits per heavy atom. The van der Waals surface area contributed by atoms with E-state index in [1.54, 1.807) is 30.3 Å². The van der Waals surface area contributed by atoms with Crippen LogP contribution in [0.25, 0.3) is 6.08 Å². The molecule has 0 aliphatic carbocycles. The fourth-order valence-corrected chi connectivity index (χ4v) is 2.14. The van der Waals surface area contributed by atoms with Gasteiger partial charge in [0, 0.05) is 11.1 Å². The smallest absolute Gasteiger partial charge is 0.335 e. The lowest BCUT2D eigenvalue weighted by Gasteiger charge is -2.12. The van der Waals surface area contributed by atoms with Gasteiger partial charge in [-0.3, -0.25) is 4.79 Å². The normalized spacial score (nSPS) is 10.6. The molecule has 0 unspecified atom stereocenters. The zero-order valence-corrected chi connectivity index (χ0v) is 14.4. The number of ether oxygens (including phenoxy) is 1. The minimum Gasteiger partial charge on any atom is -0.491 e. The first-order chi connectivity index (χ1) is 12.0. The summed E-state index contributed by atoms with van der Waals surface area (Å²) in [6.07, 6.45) is 3.80. The number of carboxylic acid groups (broad SMARTS) is 1. The van der Waals surface area contributed by atoms with Gasteiger partial charge in [0.1, 0.15) is 5.75 Å². The van der Waals surface area contributed by atoms with Crippen molar-refractivity contribution in [2.75, 3.05) is 11.9 Å². The number of nitrogens with one attached hydrogen (secondary N) is 1. The predicted molar refractivity (Wildman–Crippen MR) is 98.3 cm³/mol. The second-order valence-corrected chi connectivity index (χ2v) is 5.68. The fraction of sp³-hybridized carbons (Fsp3) is 0.158. The molecule has 6 heteroatoms. The Hall–Kier alpha value is -2.79. The van der Waals surface area contributed by atoms with Crippen LogP contribution in [-0.2, 0) is 4.79 Å². The number of carboxylic acids is 1. The minimum absolute atomic E-state index is 0.0702. The molecule has 0 aromatic heterocycles. The maximum absolute atomic E-state index is 12.1. The highest BCUT2D eigenvalue weighted by molar-refractivity contribution is 6.30. The molecule has 0 radical (unpaired) electrons. The Morgan fingerprint density at radius 3 is 2.56 bits per heavy atom. The Balaban J connectivity index is 2.15. The van der Waals surface area contributed by atoms with Crippen LogP contribution in [0.5, 0.6) is 5.75 Å². The maximum Gasteiger partial charge on any atom is 0.335 e. The summed E-state index contributed by atoms with van der Waals surface area (Å²) in [6.45, 7) is 2.43. The van der Waals surface area contributed by atoms with Crippen LogP contribution < -0.4 is 10.1 Å². The molecular formula is C19H18ClNO4. The number of aromatic carboxylic acids is 1. The number of carbonyl (C=O) groups is 2. The lowest BCUT2D eigenvalue weighted by atomic mass is 10.1. The van der Waals surface area contributed by atoms with E-state index in [1.165, 1.54) is 24.3 Å². The van der Waals surface area contributed by atoms with E-state index in [-0.39, 0.29) is 11.5 Å². The van der Waals surface area contributed by atoms with E-state index in [1.807, 2.05) is 6.92 Å². The molecule has 0 bridgehead atoms. The molecule has 0 atom stereocenters. The number of rotatable bonds is 7. The van der Waals surface area contributed by atoms with E-state index in [4.69, 9.17) is 21.4 Å². The molecule has 2 aromatic carbocycles. The average Bonchev–Trinajstić information content (AvgIpc) is 2.60.